The van der Waals surface area contributed by atoms with Crippen LogP contribution < -0.4 is 16.2 Å². The first kappa shape index (κ1) is 22.6. The molecule has 2 aromatic rings. The van der Waals surface area contributed by atoms with E-state index in [2.05, 4.69) is 27.5 Å². The van der Waals surface area contributed by atoms with E-state index >= 15 is 0 Å². The molecule has 0 aliphatic carbocycles. The molecule has 0 atom stereocenters. The number of hydrogen-bond acceptors (Lipinski definition) is 4. The van der Waals surface area contributed by atoms with Gasteiger partial charge in [0.15, 0.2) is 5.96 Å². The maximum atomic E-state index is 11.8. The summed E-state index contributed by atoms with van der Waals surface area (Å²) >= 11 is 1.71. The quantitative estimate of drug-likeness (QED) is 0.272. The third-order valence-electron chi connectivity index (χ3n) is 4.07. The van der Waals surface area contributed by atoms with Gasteiger partial charge < -0.3 is 15.2 Å². The molecule has 6 nitrogen and oxygen atoms in total. The molecule has 0 amide bonds. The number of thiazole rings is 1. The van der Waals surface area contributed by atoms with E-state index in [0.717, 1.165) is 48.3 Å². The van der Waals surface area contributed by atoms with Crippen LogP contribution in [0, 0.1) is 20.8 Å². The van der Waals surface area contributed by atoms with Crippen molar-refractivity contribution < 1.29 is 0 Å². The SMILES string of the molecule is CN=C(NCCCCn1c(C)cccc1=O)NCc1nc(C)c(C)s1.I. The van der Waals surface area contributed by atoms with Gasteiger partial charge in [-0.2, -0.15) is 0 Å². The van der Waals surface area contributed by atoms with Crippen LogP contribution in [-0.4, -0.2) is 29.1 Å². The maximum Gasteiger partial charge on any atom is 0.250 e. The van der Waals surface area contributed by atoms with Crippen LogP contribution >= 0.6 is 35.3 Å². The van der Waals surface area contributed by atoms with Crippen molar-refractivity contribution in [3.05, 3.63) is 49.8 Å². The van der Waals surface area contributed by atoms with Crippen molar-refractivity contribution in [1.82, 2.24) is 20.2 Å². The summed E-state index contributed by atoms with van der Waals surface area (Å²) in [6.07, 6.45) is 1.91. The molecule has 2 rings (SSSR count). The second-order valence-electron chi connectivity index (χ2n) is 5.97. The number of pyridine rings is 1. The Kier molecular flexibility index (Phi) is 9.85. The van der Waals surface area contributed by atoms with E-state index in [0.29, 0.717) is 6.54 Å². The largest absolute Gasteiger partial charge is 0.356 e. The standard InChI is InChI=1S/C18H27N5OS.HI/c1-13-8-7-9-17(24)23(13)11-6-5-10-20-18(19-4)21-12-16-22-14(2)15(3)25-16;/h7-9H,5-6,10-12H2,1-4H3,(H2,19,20,21);1H. The summed E-state index contributed by atoms with van der Waals surface area (Å²) < 4.78 is 1.82. The van der Waals surface area contributed by atoms with Crippen LogP contribution in [0.1, 0.15) is 34.1 Å². The molecule has 0 saturated carbocycles. The minimum Gasteiger partial charge on any atom is -0.356 e. The summed E-state index contributed by atoms with van der Waals surface area (Å²) in [7, 11) is 1.76. The second-order valence-corrected chi connectivity index (χ2v) is 7.25. The average molecular weight is 489 g/mol. The number of aliphatic imine (C=N–C) groups is 1. The van der Waals surface area contributed by atoms with E-state index in [9.17, 15) is 4.79 Å². The molecule has 2 N–H and O–H groups in total. The van der Waals surface area contributed by atoms with Gasteiger partial charge in [0, 0.05) is 36.8 Å². The van der Waals surface area contributed by atoms with Crippen molar-refractivity contribution >= 4 is 41.3 Å². The molecule has 8 heteroatoms. The van der Waals surface area contributed by atoms with E-state index in [4.69, 9.17) is 0 Å². The Balaban J connectivity index is 0.00000338. The molecule has 2 aromatic heterocycles. The Morgan fingerprint density at radius 3 is 2.62 bits per heavy atom. The van der Waals surface area contributed by atoms with E-state index in [1.807, 2.05) is 24.5 Å². The number of aromatic nitrogens is 2. The van der Waals surface area contributed by atoms with Gasteiger partial charge in [-0.3, -0.25) is 9.79 Å². The van der Waals surface area contributed by atoms with Crippen LogP contribution in [0.5, 0.6) is 0 Å². The predicted molar refractivity (Wildman–Crippen MR) is 120 cm³/mol. The van der Waals surface area contributed by atoms with Crippen molar-refractivity contribution in [1.29, 1.82) is 0 Å². The van der Waals surface area contributed by atoms with Crippen LogP contribution in [0.4, 0.5) is 0 Å². The number of nitrogens with one attached hydrogen (secondary N) is 2. The van der Waals surface area contributed by atoms with Crippen molar-refractivity contribution in [2.45, 2.75) is 46.7 Å². The normalized spacial score (nSPS) is 11.2. The molecule has 2 heterocycles. The van der Waals surface area contributed by atoms with E-state index in [-0.39, 0.29) is 29.5 Å². The van der Waals surface area contributed by atoms with Gasteiger partial charge in [0.2, 0.25) is 0 Å². The minimum absolute atomic E-state index is 0. The van der Waals surface area contributed by atoms with Crippen molar-refractivity contribution in [3.8, 4) is 0 Å². The van der Waals surface area contributed by atoms with E-state index in [1.165, 1.54) is 4.88 Å². The molecule has 0 saturated heterocycles. The van der Waals surface area contributed by atoms with Gasteiger partial charge in [-0.1, -0.05) is 6.07 Å². The summed E-state index contributed by atoms with van der Waals surface area (Å²) in [6.45, 7) is 8.32. The Morgan fingerprint density at radius 2 is 2.00 bits per heavy atom. The smallest absolute Gasteiger partial charge is 0.250 e. The highest BCUT2D eigenvalue weighted by Gasteiger charge is 2.05. The molecule has 0 radical (unpaired) electrons. The van der Waals surface area contributed by atoms with E-state index in [1.54, 1.807) is 30.5 Å². The highest BCUT2D eigenvalue weighted by atomic mass is 127. The molecule has 0 aliphatic heterocycles. The van der Waals surface area contributed by atoms with Crippen molar-refractivity contribution in [3.63, 3.8) is 0 Å². The summed E-state index contributed by atoms with van der Waals surface area (Å²) in [5.41, 5.74) is 2.17. The second kappa shape index (κ2) is 11.3. The summed E-state index contributed by atoms with van der Waals surface area (Å²) in [5, 5.41) is 7.66. The fourth-order valence-corrected chi connectivity index (χ4v) is 3.38. The Morgan fingerprint density at radius 1 is 1.23 bits per heavy atom. The van der Waals surface area contributed by atoms with Crippen molar-refractivity contribution in [2.75, 3.05) is 13.6 Å². The monoisotopic (exact) mass is 489 g/mol. The zero-order valence-electron chi connectivity index (χ0n) is 15.8. The minimum atomic E-state index is 0. The molecule has 0 fully saturated rings. The Labute approximate surface area is 176 Å². The van der Waals surface area contributed by atoms with Crippen LogP contribution in [0.2, 0.25) is 0 Å². The molecule has 0 aromatic carbocycles. The molecule has 26 heavy (non-hydrogen) atoms. The lowest BCUT2D eigenvalue weighted by Crippen LogP contribution is -2.37. The Hall–Kier alpha value is -1.42. The number of nitrogens with zero attached hydrogens (tertiary/aromatic N) is 3. The Bertz CT molecular complexity index is 765. The number of aryl methyl sites for hydroxylation is 3. The summed E-state index contributed by atoms with van der Waals surface area (Å²) in [6, 6.07) is 5.38. The lowest BCUT2D eigenvalue weighted by molar-refractivity contribution is 0.575. The predicted octanol–water partition coefficient (Wildman–Crippen LogP) is 2.99. The third-order valence-corrected chi connectivity index (χ3v) is 5.15. The molecule has 144 valence electrons. The molecular weight excluding hydrogens is 461 g/mol. The van der Waals surface area contributed by atoms with Crippen LogP contribution in [-0.2, 0) is 13.1 Å². The van der Waals surface area contributed by atoms with Crippen LogP contribution in [0.25, 0.3) is 0 Å². The first-order chi connectivity index (χ1) is 12.0. The van der Waals surface area contributed by atoms with E-state index < -0.39 is 0 Å². The average Bonchev–Trinajstić information content (AvgIpc) is 2.90. The summed E-state index contributed by atoms with van der Waals surface area (Å²) in [5.74, 6) is 0.776. The molecule has 0 bridgehead atoms. The van der Waals surface area contributed by atoms with Gasteiger partial charge in [-0.25, -0.2) is 4.98 Å². The first-order valence-electron chi connectivity index (χ1n) is 8.55. The third kappa shape index (κ3) is 6.71. The first-order valence-corrected chi connectivity index (χ1v) is 9.37. The topological polar surface area (TPSA) is 71.3 Å². The number of unbranched alkanes of at least 4 members (excludes halogenated alkanes) is 1. The van der Waals surface area contributed by atoms with Gasteiger partial charge in [0.25, 0.3) is 5.56 Å². The van der Waals surface area contributed by atoms with Gasteiger partial charge >= 0.3 is 0 Å². The highest BCUT2D eigenvalue weighted by Crippen LogP contribution is 2.15. The lowest BCUT2D eigenvalue weighted by Gasteiger charge is -2.12. The highest BCUT2D eigenvalue weighted by molar-refractivity contribution is 14.0. The fraction of sp³-hybridized carbons (Fsp3) is 0.500. The maximum absolute atomic E-state index is 11.8. The molecule has 0 aliphatic rings. The molecule has 0 spiro atoms. The molecular formula is C18H28IN5OS. The number of guanidine groups is 1. The zero-order valence-corrected chi connectivity index (χ0v) is 19.0. The van der Waals surface area contributed by atoms with Gasteiger partial charge in [0.05, 0.1) is 12.2 Å². The van der Waals surface area contributed by atoms with Gasteiger partial charge in [-0.05, 0) is 39.7 Å². The molecule has 0 unspecified atom stereocenters. The number of rotatable bonds is 7. The van der Waals surface area contributed by atoms with Gasteiger partial charge in [-0.15, -0.1) is 35.3 Å². The number of halogens is 1. The van der Waals surface area contributed by atoms with Crippen molar-refractivity contribution in [2.24, 2.45) is 4.99 Å². The zero-order chi connectivity index (χ0) is 18.2. The van der Waals surface area contributed by atoms with Gasteiger partial charge in [0.1, 0.15) is 5.01 Å². The fourth-order valence-electron chi connectivity index (χ4n) is 2.51. The van der Waals surface area contributed by atoms with Crippen LogP contribution in [0.15, 0.2) is 28.0 Å². The number of hydrogen-bond donors (Lipinski definition) is 2. The van der Waals surface area contributed by atoms with Crippen LogP contribution in [0.3, 0.4) is 0 Å². The lowest BCUT2D eigenvalue weighted by atomic mass is 10.3. The summed E-state index contributed by atoms with van der Waals surface area (Å²) in [4.78, 5) is 21.8.